The van der Waals surface area contributed by atoms with Crippen LogP contribution in [-0.4, -0.2) is 58.5 Å². The minimum atomic E-state index is -1.41. The van der Waals surface area contributed by atoms with E-state index >= 15 is 0 Å². The zero-order chi connectivity index (χ0) is 19.7. The molecule has 146 valence electrons. The first kappa shape index (κ1) is 19.3. The van der Waals surface area contributed by atoms with Gasteiger partial charge in [0.25, 0.3) is 0 Å². The number of benzene rings is 1. The summed E-state index contributed by atoms with van der Waals surface area (Å²) in [5.74, 6) is -0.192. The molecule has 1 amide bonds. The Morgan fingerprint density at radius 2 is 2.00 bits per heavy atom. The molecule has 0 saturated carbocycles. The molecule has 27 heavy (non-hydrogen) atoms. The molecule has 1 aromatic carbocycles. The molecular weight excluding hydrogens is 358 g/mol. The predicted molar refractivity (Wildman–Crippen MR) is 93.2 cm³/mol. The molecule has 5 atom stereocenters. The van der Waals surface area contributed by atoms with Gasteiger partial charge in [-0.15, -0.1) is 0 Å². The van der Waals surface area contributed by atoms with Crippen LogP contribution in [0.5, 0.6) is 5.75 Å². The maximum absolute atomic E-state index is 11.6. The molecule has 1 aromatic heterocycles. The van der Waals surface area contributed by atoms with E-state index in [9.17, 15) is 24.9 Å². The predicted octanol–water partition coefficient (Wildman–Crippen LogP) is -0.576. The molecule has 1 aliphatic heterocycles. The topological polar surface area (TPSA) is 138 Å². The van der Waals surface area contributed by atoms with E-state index in [2.05, 4.69) is 5.32 Å². The van der Waals surface area contributed by atoms with Crippen molar-refractivity contribution in [1.29, 1.82) is 0 Å². The van der Waals surface area contributed by atoms with Gasteiger partial charge in [0, 0.05) is 24.4 Å². The largest absolute Gasteiger partial charge is 0.462 e. The van der Waals surface area contributed by atoms with Gasteiger partial charge in [-0.05, 0) is 24.6 Å². The van der Waals surface area contributed by atoms with Crippen LogP contribution < -0.4 is 15.7 Å². The number of ether oxygens (including phenoxy) is 2. The molecule has 9 heteroatoms. The van der Waals surface area contributed by atoms with Crippen molar-refractivity contribution >= 4 is 16.9 Å². The van der Waals surface area contributed by atoms with Crippen molar-refractivity contribution in [2.75, 3.05) is 6.61 Å². The molecular formula is C18H21NO8. The van der Waals surface area contributed by atoms with Crippen LogP contribution in [0.1, 0.15) is 12.5 Å². The van der Waals surface area contributed by atoms with Gasteiger partial charge in [0.15, 0.2) is 0 Å². The highest BCUT2D eigenvalue weighted by molar-refractivity contribution is 5.81. The standard InChI is InChI=1S/C18H21NO8/c1-8-5-14(22)26-12-6-10(3-4-11(8)12)25-18-15(19-9(2)21)17(24)16(23)13(7-20)27-18/h3-6,13,15-18,20,23-24H,7H2,1-2H3,(H,19,21)/t13-,15-,16-,17-,18+/m0/s1. The van der Waals surface area contributed by atoms with Crippen molar-refractivity contribution in [3.05, 3.63) is 40.2 Å². The van der Waals surface area contributed by atoms with Crippen molar-refractivity contribution in [3.8, 4) is 5.75 Å². The van der Waals surface area contributed by atoms with E-state index < -0.39 is 48.8 Å². The lowest BCUT2D eigenvalue weighted by Crippen LogP contribution is -2.65. The smallest absolute Gasteiger partial charge is 0.336 e. The average molecular weight is 379 g/mol. The first-order valence-corrected chi connectivity index (χ1v) is 8.41. The Labute approximate surface area is 154 Å². The fourth-order valence-corrected chi connectivity index (χ4v) is 3.08. The molecule has 1 fully saturated rings. The van der Waals surface area contributed by atoms with E-state index in [4.69, 9.17) is 13.9 Å². The molecule has 0 unspecified atom stereocenters. The van der Waals surface area contributed by atoms with Crippen molar-refractivity contribution in [2.24, 2.45) is 0 Å². The summed E-state index contributed by atoms with van der Waals surface area (Å²) in [7, 11) is 0. The van der Waals surface area contributed by atoms with Gasteiger partial charge in [-0.25, -0.2) is 4.79 Å². The summed E-state index contributed by atoms with van der Waals surface area (Å²) in [6.07, 6.45) is -5.08. The van der Waals surface area contributed by atoms with Crippen LogP contribution in [0.25, 0.3) is 11.0 Å². The van der Waals surface area contributed by atoms with Crippen LogP contribution in [0.2, 0.25) is 0 Å². The van der Waals surface area contributed by atoms with Crippen molar-refractivity contribution < 1.29 is 34.0 Å². The van der Waals surface area contributed by atoms with Gasteiger partial charge >= 0.3 is 5.63 Å². The van der Waals surface area contributed by atoms with E-state index in [0.29, 0.717) is 5.58 Å². The molecule has 3 rings (SSSR count). The van der Waals surface area contributed by atoms with Crippen molar-refractivity contribution in [1.82, 2.24) is 5.32 Å². The first-order valence-electron chi connectivity index (χ1n) is 8.41. The highest BCUT2D eigenvalue weighted by Gasteiger charge is 2.46. The van der Waals surface area contributed by atoms with Gasteiger partial charge in [-0.1, -0.05) is 0 Å². The third kappa shape index (κ3) is 3.96. The number of amides is 1. The monoisotopic (exact) mass is 379 g/mol. The Balaban J connectivity index is 1.91. The molecule has 9 nitrogen and oxygen atoms in total. The number of fused-ring (bicyclic) bond motifs is 1. The van der Waals surface area contributed by atoms with Crippen LogP contribution >= 0.6 is 0 Å². The summed E-state index contributed by atoms with van der Waals surface area (Å²) in [5, 5.41) is 32.9. The van der Waals surface area contributed by atoms with E-state index in [0.717, 1.165) is 10.9 Å². The lowest BCUT2D eigenvalue weighted by molar-refractivity contribution is -0.244. The van der Waals surface area contributed by atoms with Gasteiger partial charge in [-0.3, -0.25) is 4.79 Å². The molecule has 0 radical (unpaired) electrons. The lowest BCUT2D eigenvalue weighted by Gasteiger charge is -2.42. The Morgan fingerprint density at radius 3 is 2.67 bits per heavy atom. The average Bonchev–Trinajstić information content (AvgIpc) is 2.60. The number of carbonyl (C=O) groups is 1. The minimum Gasteiger partial charge on any atom is -0.462 e. The summed E-state index contributed by atoms with van der Waals surface area (Å²) in [6.45, 7) is 2.48. The molecule has 0 spiro atoms. The SMILES string of the molecule is CC(=O)N[C@@H]1[C@H](Oc2ccc3c(C)cc(=O)oc3c2)O[C@@H](CO)[C@H](O)[C@H]1O. The van der Waals surface area contributed by atoms with Crippen LogP contribution in [0, 0.1) is 6.92 Å². The van der Waals surface area contributed by atoms with E-state index in [1.54, 1.807) is 19.1 Å². The van der Waals surface area contributed by atoms with Crippen LogP contribution in [0.3, 0.4) is 0 Å². The second-order valence-electron chi connectivity index (χ2n) is 6.46. The maximum Gasteiger partial charge on any atom is 0.336 e. The molecule has 2 heterocycles. The minimum absolute atomic E-state index is 0.261. The van der Waals surface area contributed by atoms with E-state index in [-0.39, 0.29) is 5.75 Å². The van der Waals surface area contributed by atoms with Gasteiger partial charge in [0.1, 0.15) is 35.7 Å². The number of hydrogen-bond donors (Lipinski definition) is 4. The second kappa shape index (κ2) is 7.65. The molecule has 4 N–H and O–H groups in total. The Hall–Kier alpha value is -2.46. The second-order valence-corrected chi connectivity index (χ2v) is 6.46. The zero-order valence-electron chi connectivity index (χ0n) is 14.8. The van der Waals surface area contributed by atoms with Crippen molar-refractivity contribution in [2.45, 2.75) is 44.5 Å². The zero-order valence-corrected chi connectivity index (χ0v) is 14.8. The summed E-state index contributed by atoms with van der Waals surface area (Å²) < 4.78 is 16.4. The van der Waals surface area contributed by atoms with Crippen molar-refractivity contribution in [3.63, 3.8) is 0 Å². The molecule has 1 aliphatic rings. The fraction of sp³-hybridized carbons (Fsp3) is 0.444. The third-order valence-electron chi connectivity index (χ3n) is 4.43. The molecule has 0 aliphatic carbocycles. The fourth-order valence-electron chi connectivity index (χ4n) is 3.08. The number of aliphatic hydroxyl groups is 3. The first-order chi connectivity index (χ1) is 12.8. The number of nitrogens with one attached hydrogen (secondary N) is 1. The normalized spacial score (nSPS) is 28.1. The number of rotatable bonds is 4. The van der Waals surface area contributed by atoms with Crippen LogP contribution in [0.4, 0.5) is 0 Å². The van der Waals surface area contributed by atoms with Gasteiger partial charge < -0.3 is 34.5 Å². The third-order valence-corrected chi connectivity index (χ3v) is 4.43. The maximum atomic E-state index is 11.6. The summed E-state index contributed by atoms with van der Waals surface area (Å²) in [4.78, 5) is 23.0. The highest BCUT2D eigenvalue weighted by Crippen LogP contribution is 2.27. The molecule has 2 aromatic rings. The Bertz CT molecular complexity index is 895. The summed E-state index contributed by atoms with van der Waals surface area (Å²) >= 11 is 0. The lowest BCUT2D eigenvalue weighted by atomic mass is 9.97. The Kier molecular flexibility index (Phi) is 5.47. The van der Waals surface area contributed by atoms with Gasteiger partial charge in [0.2, 0.25) is 12.2 Å². The van der Waals surface area contributed by atoms with Crippen LogP contribution in [-0.2, 0) is 9.53 Å². The van der Waals surface area contributed by atoms with Gasteiger partial charge in [-0.2, -0.15) is 0 Å². The molecule has 1 saturated heterocycles. The number of aryl methyl sites for hydroxylation is 1. The number of aliphatic hydroxyl groups excluding tert-OH is 3. The van der Waals surface area contributed by atoms with E-state index in [1.807, 2.05) is 0 Å². The molecule has 0 bridgehead atoms. The van der Waals surface area contributed by atoms with Crippen LogP contribution in [0.15, 0.2) is 33.5 Å². The highest BCUT2D eigenvalue weighted by atomic mass is 16.7. The van der Waals surface area contributed by atoms with Gasteiger partial charge in [0.05, 0.1) is 6.61 Å². The summed E-state index contributed by atoms with van der Waals surface area (Å²) in [5.41, 5.74) is 0.557. The summed E-state index contributed by atoms with van der Waals surface area (Å²) in [6, 6.07) is 5.12. The Morgan fingerprint density at radius 1 is 1.26 bits per heavy atom. The number of hydrogen-bond acceptors (Lipinski definition) is 8. The van der Waals surface area contributed by atoms with E-state index in [1.165, 1.54) is 19.1 Å². The quantitative estimate of drug-likeness (QED) is 0.518. The number of carbonyl (C=O) groups excluding carboxylic acids is 1.